The minimum absolute atomic E-state index is 0.944. The van der Waals surface area contributed by atoms with Gasteiger partial charge in [0.25, 0.3) is 0 Å². The first-order valence-corrected chi connectivity index (χ1v) is 4.15. The number of hydrogen-bond acceptors (Lipinski definition) is 5. The molecular weight excluding hydrogens is 293 g/mol. The van der Waals surface area contributed by atoms with Gasteiger partial charge in [-0.15, -0.1) is 0 Å². The van der Waals surface area contributed by atoms with Crippen molar-refractivity contribution in [2.24, 2.45) is 0 Å². The molecule has 0 unspecified atom stereocenters. The first-order valence-electron chi connectivity index (χ1n) is 4.15. The largest absolute Gasteiger partial charge is 0.460 e. The number of aromatic nitrogens is 3. The summed E-state index contributed by atoms with van der Waals surface area (Å²) in [5, 5.41) is 11.7. The molecule has 0 saturated carbocycles. The monoisotopic (exact) mass is 296 g/mol. The summed E-state index contributed by atoms with van der Waals surface area (Å²) in [5.41, 5.74) is -0.462. The highest BCUT2D eigenvalue weighted by molar-refractivity contribution is 5.27. The molecule has 0 bridgehead atoms. The fourth-order valence-electron chi connectivity index (χ4n) is 0.873. The number of hydrogen-bond donors (Lipinski definition) is 3. The third-order valence-corrected chi connectivity index (χ3v) is 1.83. The lowest BCUT2D eigenvalue weighted by atomic mass is 10.1. The Balaban J connectivity index is 3.39. The van der Waals surface area contributed by atoms with Gasteiger partial charge >= 0.3 is 23.6 Å². The molecule has 1 heterocycles. The topological polar surface area (TPSA) is 90.9 Å². The summed E-state index contributed by atoms with van der Waals surface area (Å²) in [4.78, 5) is 13.1. The Kier molecular flexibility index (Phi) is 3.45. The molecule has 0 aromatic carbocycles. The number of nitrogens with zero attached hydrogens (tertiary/aromatic N) is 2. The van der Waals surface area contributed by atoms with Crippen molar-refractivity contribution in [2.75, 3.05) is 5.48 Å². The zero-order valence-electron chi connectivity index (χ0n) is 8.40. The van der Waals surface area contributed by atoms with Crippen LogP contribution < -0.4 is 11.0 Å². The van der Waals surface area contributed by atoms with Crippen LogP contribution in [-0.4, -0.2) is 32.5 Å². The molecule has 0 amide bonds. The van der Waals surface area contributed by atoms with Crippen molar-refractivity contribution in [3.63, 3.8) is 0 Å². The molecule has 13 heteroatoms. The van der Waals surface area contributed by atoms with E-state index >= 15 is 0 Å². The summed E-state index contributed by atoms with van der Waals surface area (Å²) < 4.78 is 86.9. The highest BCUT2D eigenvalue weighted by atomic mass is 19.4. The molecule has 0 aliphatic heterocycles. The van der Waals surface area contributed by atoms with Gasteiger partial charge in [0.05, 0.1) is 0 Å². The molecule has 0 aliphatic carbocycles. The molecule has 0 aliphatic rings. The van der Waals surface area contributed by atoms with Gasteiger partial charge in [0.1, 0.15) is 0 Å². The summed E-state index contributed by atoms with van der Waals surface area (Å²) in [6, 6.07) is 0. The van der Waals surface area contributed by atoms with E-state index in [0.29, 0.717) is 0 Å². The summed E-state index contributed by atoms with van der Waals surface area (Å²) in [7, 11) is 0. The maximum absolute atomic E-state index is 13.1. The number of anilines is 1. The second kappa shape index (κ2) is 4.32. The number of rotatable bonds is 3. The van der Waals surface area contributed by atoms with Gasteiger partial charge in [0.2, 0.25) is 11.6 Å². The molecule has 19 heavy (non-hydrogen) atoms. The highest BCUT2D eigenvalue weighted by Gasteiger charge is 2.75. The van der Waals surface area contributed by atoms with Crippen LogP contribution in [0.5, 0.6) is 0 Å². The van der Waals surface area contributed by atoms with Crippen LogP contribution in [0.25, 0.3) is 0 Å². The quantitative estimate of drug-likeness (QED) is 0.577. The highest BCUT2D eigenvalue weighted by Crippen LogP contribution is 2.50. The van der Waals surface area contributed by atoms with Crippen LogP contribution in [0.4, 0.5) is 36.6 Å². The standard InChI is InChI=1S/C6H3F7N4O2/c7-4(8,5(9,10)6(11,12)13)3-14-1(17-19)2(18)15-16-3/h19H,(H,15,18)(H,14,16,17). The maximum Gasteiger partial charge on any atom is 0.460 e. The van der Waals surface area contributed by atoms with E-state index in [9.17, 15) is 35.5 Å². The number of alkyl halides is 7. The number of halogens is 7. The molecule has 0 fully saturated rings. The average molecular weight is 296 g/mol. The SMILES string of the molecule is O=c1[nH]nc(C(F)(F)C(F)(F)C(F)(F)F)nc1NO. The van der Waals surface area contributed by atoms with Crippen molar-refractivity contribution in [1.29, 1.82) is 0 Å². The second-order valence-corrected chi connectivity index (χ2v) is 3.10. The number of aromatic amines is 1. The van der Waals surface area contributed by atoms with E-state index < -0.39 is 35.2 Å². The first kappa shape index (κ1) is 15.1. The molecule has 108 valence electrons. The normalized spacial score (nSPS) is 13.5. The van der Waals surface area contributed by atoms with Gasteiger partial charge in [0, 0.05) is 0 Å². The van der Waals surface area contributed by atoms with Crippen molar-refractivity contribution in [3.05, 3.63) is 16.2 Å². The molecule has 1 aromatic rings. The third-order valence-electron chi connectivity index (χ3n) is 1.83. The van der Waals surface area contributed by atoms with Crippen molar-refractivity contribution >= 4 is 5.82 Å². The van der Waals surface area contributed by atoms with Crippen LogP contribution >= 0.6 is 0 Å². The van der Waals surface area contributed by atoms with E-state index in [1.807, 2.05) is 0 Å². The van der Waals surface area contributed by atoms with Gasteiger partial charge in [-0.25, -0.2) is 15.6 Å². The molecule has 3 N–H and O–H groups in total. The minimum Gasteiger partial charge on any atom is -0.290 e. The van der Waals surface area contributed by atoms with Crippen molar-refractivity contribution in [3.8, 4) is 0 Å². The van der Waals surface area contributed by atoms with Crippen LogP contribution in [0.2, 0.25) is 0 Å². The predicted octanol–water partition coefficient (Wildman–Crippen LogP) is 1.26. The van der Waals surface area contributed by atoms with Gasteiger partial charge in [-0.3, -0.25) is 10.0 Å². The number of nitrogens with one attached hydrogen (secondary N) is 2. The third kappa shape index (κ3) is 2.32. The molecule has 0 atom stereocenters. The molecule has 1 aromatic heterocycles. The lowest BCUT2D eigenvalue weighted by molar-refractivity contribution is -0.361. The summed E-state index contributed by atoms with van der Waals surface area (Å²) in [6.45, 7) is 0. The van der Waals surface area contributed by atoms with Crippen molar-refractivity contribution < 1.29 is 35.9 Å². The predicted molar refractivity (Wildman–Crippen MR) is 43.0 cm³/mol. The summed E-state index contributed by atoms with van der Waals surface area (Å²) in [5.74, 6) is -15.9. The van der Waals surface area contributed by atoms with Gasteiger partial charge in [-0.05, 0) is 0 Å². The van der Waals surface area contributed by atoms with Crippen LogP contribution in [-0.2, 0) is 5.92 Å². The zero-order chi connectivity index (χ0) is 15.1. The molecular formula is C6H3F7N4O2. The van der Waals surface area contributed by atoms with Gasteiger partial charge < -0.3 is 0 Å². The van der Waals surface area contributed by atoms with Crippen LogP contribution in [0, 0.1) is 0 Å². The molecule has 1 rings (SSSR count). The van der Waals surface area contributed by atoms with E-state index in [4.69, 9.17) is 5.21 Å². The van der Waals surface area contributed by atoms with Crippen LogP contribution in [0.1, 0.15) is 5.82 Å². The Labute approximate surface area is 97.8 Å². The van der Waals surface area contributed by atoms with E-state index in [2.05, 4.69) is 10.1 Å². The van der Waals surface area contributed by atoms with Gasteiger partial charge in [-0.1, -0.05) is 0 Å². The smallest absolute Gasteiger partial charge is 0.290 e. The van der Waals surface area contributed by atoms with E-state index in [-0.39, 0.29) is 0 Å². The van der Waals surface area contributed by atoms with Gasteiger partial charge in [-0.2, -0.15) is 35.8 Å². The Morgan fingerprint density at radius 3 is 2.05 bits per heavy atom. The van der Waals surface area contributed by atoms with Crippen LogP contribution in [0.15, 0.2) is 4.79 Å². The fraction of sp³-hybridized carbons (Fsp3) is 0.500. The Bertz CT molecular complexity index is 525. The molecule has 6 nitrogen and oxygen atoms in total. The first-order chi connectivity index (χ1) is 8.45. The zero-order valence-corrected chi connectivity index (χ0v) is 8.40. The lowest BCUT2D eigenvalue weighted by Crippen LogP contribution is -2.51. The Morgan fingerprint density at radius 2 is 1.63 bits per heavy atom. The number of H-pyrrole nitrogens is 1. The molecule has 0 spiro atoms. The summed E-state index contributed by atoms with van der Waals surface area (Å²) >= 11 is 0. The molecule has 0 saturated heterocycles. The average Bonchev–Trinajstić information content (AvgIpc) is 2.27. The van der Waals surface area contributed by atoms with Crippen molar-refractivity contribution in [1.82, 2.24) is 15.2 Å². The Morgan fingerprint density at radius 1 is 1.11 bits per heavy atom. The Hall–Kier alpha value is -1.92. The fourth-order valence-corrected chi connectivity index (χ4v) is 0.873. The van der Waals surface area contributed by atoms with Crippen molar-refractivity contribution in [2.45, 2.75) is 18.0 Å². The van der Waals surface area contributed by atoms with Gasteiger partial charge in [0.15, 0.2) is 0 Å². The summed E-state index contributed by atoms with van der Waals surface area (Å²) in [6.07, 6.45) is -6.57. The minimum atomic E-state index is -6.57. The van der Waals surface area contributed by atoms with E-state index in [1.54, 1.807) is 0 Å². The van der Waals surface area contributed by atoms with Crippen LogP contribution in [0.3, 0.4) is 0 Å². The molecule has 0 radical (unpaired) electrons. The van der Waals surface area contributed by atoms with E-state index in [1.165, 1.54) is 5.10 Å². The maximum atomic E-state index is 13.1. The lowest BCUT2D eigenvalue weighted by Gasteiger charge is -2.26. The van der Waals surface area contributed by atoms with E-state index in [0.717, 1.165) is 5.48 Å². The second-order valence-electron chi connectivity index (χ2n) is 3.10.